The van der Waals surface area contributed by atoms with Gasteiger partial charge in [-0.3, -0.25) is 0 Å². The van der Waals surface area contributed by atoms with Crippen molar-refractivity contribution in [2.45, 2.75) is 37.6 Å². The summed E-state index contributed by atoms with van der Waals surface area (Å²) < 4.78 is 0. The van der Waals surface area contributed by atoms with Gasteiger partial charge in [0.25, 0.3) is 0 Å². The fourth-order valence-corrected chi connectivity index (χ4v) is 3.33. The molecule has 0 aliphatic heterocycles. The Morgan fingerprint density at radius 3 is 2.55 bits per heavy atom. The lowest BCUT2D eigenvalue weighted by molar-refractivity contribution is 0.634. The number of aryl methyl sites for hydroxylation is 2. The van der Waals surface area contributed by atoms with Gasteiger partial charge in [-0.25, -0.2) is 4.98 Å². The summed E-state index contributed by atoms with van der Waals surface area (Å²) in [5.41, 5.74) is 5.28. The summed E-state index contributed by atoms with van der Waals surface area (Å²) in [4.78, 5) is 4.53. The fraction of sp³-hybridized carbons (Fsp3) is 0.353. The first-order valence-corrected chi connectivity index (χ1v) is 7.91. The normalized spacial score (nSPS) is 12.4. The van der Waals surface area contributed by atoms with E-state index in [1.54, 1.807) is 0 Å². The van der Waals surface area contributed by atoms with Crippen molar-refractivity contribution in [1.82, 2.24) is 10.3 Å². The van der Waals surface area contributed by atoms with E-state index >= 15 is 0 Å². The molecule has 2 aromatic rings. The third kappa shape index (κ3) is 3.84. The standard InChI is InChI=1S/C17H22N2S/c1-12-8-13(2)10-15(9-12)11-20-17-16(14(3)18-4)6-5-7-19-17/h5-10,14,18H,11H2,1-4H3. The van der Waals surface area contributed by atoms with Gasteiger partial charge in [-0.2, -0.15) is 0 Å². The second kappa shape index (κ2) is 6.91. The molecule has 0 saturated heterocycles. The Bertz CT molecular complexity index is 561. The average molecular weight is 286 g/mol. The van der Waals surface area contributed by atoms with Gasteiger partial charge in [-0.05, 0) is 39.4 Å². The van der Waals surface area contributed by atoms with Crippen LogP contribution in [0.2, 0.25) is 0 Å². The molecule has 3 heteroatoms. The van der Waals surface area contributed by atoms with Crippen LogP contribution >= 0.6 is 11.8 Å². The first-order chi connectivity index (χ1) is 9.60. The van der Waals surface area contributed by atoms with Crippen LogP contribution in [0.15, 0.2) is 41.6 Å². The van der Waals surface area contributed by atoms with Crippen molar-refractivity contribution in [1.29, 1.82) is 0 Å². The van der Waals surface area contributed by atoms with Crippen LogP contribution in [0.4, 0.5) is 0 Å². The maximum absolute atomic E-state index is 4.53. The van der Waals surface area contributed by atoms with Crippen molar-refractivity contribution in [2.24, 2.45) is 0 Å². The Kier molecular flexibility index (Phi) is 5.21. The molecule has 1 atom stereocenters. The molecule has 1 heterocycles. The molecular formula is C17H22N2S. The lowest BCUT2D eigenvalue weighted by Gasteiger charge is -2.14. The van der Waals surface area contributed by atoms with Crippen LogP contribution in [0.3, 0.4) is 0 Å². The predicted molar refractivity (Wildman–Crippen MR) is 87.2 cm³/mol. The van der Waals surface area contributed by atoms with Crippen LogP contribution in [0.5, 0.6) is 0 Å². The van der Waals surface area contributed by atoms with Gasteiger partial charge < -0.3 is 5.32 Å². The van der Waals surface area contributed by atoms with Gasteiger partial charge in [0.15, 0.2) is 0 Å². The monoisotopic (exact) mass is 286 g/mol. The molecule has 0 saturated carbocycles. The van der Waals surface area contributed by atoms with Crippen LogP contribution in [-0.4, -0.2) is 12.0 Å². The molecule has 2 nitrogen and oxygen atoms in total. The summed E-state index contributed by atoms with van der Waals surface area (Å²) in [7, 11) is 1.98. The number of rotatable bonds is 5. The molecule has 0 aliphatic rings. The number of benzene rings is 1. The van der Waals surface area contributed by atoms with Crippen molar-refractivity contribution in [3.63, 3.8) is 0 Å². The summed E-state index contributed by atoms with van der Waals surface area (Å²) in [6, 6.07) is 11.2. The molecule has 1 aromatic heterocycles. The van der Waals surface area contributed by atoms with E-state index in [1.165, 1.54) is 22.3 Å². The summed E-state index contributed by atoms with van der Waals surface area (Å²) >= 11 is 1.81. The zero-order chi connectivity index (χ0) is 14.5. The second-order valence-corrected chi connectivity index (χ2v) is 6.16. The Morgan fingerprint density at radius 1 is 1.20 bits per heavy atom. The predicted octanol–water partition coefficient (Wildman–Crippen LogP) is 4.27. The second-order valence-electron chi connectivity index (χ2n) is 5.19. The van der Waals surface area contributed by atoms with Crippen LogP contribution < -0.4 is 5.32 Å². The van der Waals surface area contributed by atoms with Crippen LogP contribution in [0.1, 0.15) is 35.2 Å². The van der Waals surface area contributed by atoms with Crippen molar-refractivity contribution < 1.29 is 0 Å². The van der Waals surface area contributed by atoms with Gasteiger partial charge in [0.2, 0.25) is 0 Å². The number of hydrogen-bond donors (Lipinski definition) is 1. The van der Waals surface area contributed by atoms with Crippen molar-refractivity contribution in [3.05, 3.63) is 58.8 Å². The van der Waals surface area contributed by atoms with Crippen molar-refractivity contribution >= 4 is 11.8 Å². The molecule has 20 heavy (non-hydrogen) atoms. The smallest absolute Gasteiger partial charge is 0.101 e. The highest BCUT2D eigenvalue weighted by atomic mass is 32.2. The highest BCUT2D eigenvalue weighted by Crippen LogP contribution is 2.28. The molecule has 0 radical (unpaired) electrons. The third-order valence-electron chi connectivity index (χ3n) is 3.36. The number of aromatic nitrogens is 1. The van der Waals surface area contributed by atoms with Gasteiger partial charge in [0.05, 0.1) is 0 Å². The number of thioether (sulfide) groups is 1. The van der Waals surface area contributed by atoms with Crippen LogP contribution in [0, 0.1) is 13.8 Å². The van der Waals surface area contributed by atoms with Gasteiger partial charge in [0.1, 0.15) is 5.03 Å². The number of nitrogens with zero attached hydrogens (tertiary/aromatic N) is 1. The van der Waals surface area contributed by atoms with E-state index in [0.29, 0.717) is 6.04 Å². The van der Waals surface area contributed by atoms with Crippen LogP contribution in [-0.2, 0) is 5.75 Å². The van der Waals surface area contributed by atoms with Gasteiger partial charge in [0, 0.05) is 23.6 Å². The van der Waals surface area contributed by atoms with Gasteiger partial charge in [-0.1, -0.05) is 35.4 Å². The number of hydrogen-bond acceptors (Lipinski definition) is 3. The molecule has 2 rings (SSSR count). The minimum Gasteiger partial charge on any atom is -0.313 e. The Labute approximate surface area is 126 Å². The summed E-state index contributed by atoms with van der Waals surface area (Å²) in [5.74, 6) is 0.961. The molecule has 1 N–H and O–H groups in total. The van der Waals surface area contributed by atoms with Gasteiger partial charge >= 0.3 is 0 Å². The molecule has 0 fully saturated rings. The first-order valence-electron chi connectivity index (χ1n) is 6.92. The molecule has 0 aliphatic carbocycles. The lowest BCUT2D eigenvalue weighted by atomic mass is 10.1. The van der Waals surface area contributed by atoms with Crippen molar-refractivity contribution in [2.75, 3.05) is 7.05 Å². The maximum Gasteiger partial charge on any atom is 0.101 e. The molecular weight excluding hydrogens is 264 g/mol. The van der Waals surface area contributed by atoms with E-state index in [9.17, 15) is 0 Å². The highest BCUT2D eigenvalue weighted by Gasteiger charge is 2.10. The molecule has 0 bridgehead atoms. The molecule has 106 valence electrons. The highest BCUT2D eigenvalue weighted by molar-refractivity contribution is 7.98. The molecule has 1 unspecified atom stereocenters. The number of nitrogens with one attached hydrogen (secondary N) is 1. The Morgan fingerprint density at radius 2 is 1.90 bits per heavy atom. The minimum absolute atomic E-state index is 0.324. The maximum atomic E-state index is 4.53. The fourth-order valence-electron chi connectivity index (χ4n) is 2.31. The topological polar surface area (TPSA) is 24.9 Å². The molecule has 0 amide bonds. The van der Waals surface area contributed by atoms with E-state index in [4.69, 9.17) is 0 Å². The Balaban J connectivity index is 2.14. The average Bonchev–Trinajstić information content (AvgIpc) is 2.43. The van der Waals surface area contributed by atoms with E-state index < -0.39 is 0 Å². The zero-order valence-corrected chi connectivity index (χ0v) is 13.4. The quantitative estimate of drug-likeness (QED) is 0.831. The first kappa shape index (κ1) is 15.1. The third-order valence-corrected chi connectivity index (χ3v) is 4.45. The lowest BCUT2D eigenvalue weighted by Crippen LogP contribution is -2.13. The van der Waals surface area contributed by atoms with Crippen LogP contribution in [0.25, 0.3) is 0 Å². The minimum atomic E-state index is 0.324. The SMILES string of the molecule is CNC(C)c1cccnc1SCc1cc(C)cc(C)c1. The Hall–Kier alpha value is -1.32. The van der Waals surface area contributed by atoms with E-state index in [1.807, 2.05) is 31.1 Å². The van der Waals surface area contributed by atoms with E-state index in [-0.39, 0.29) is 0 Å². The molecule has 1 aromatic carbocycles. The van der Waals surface area contributed by atoms with Crippen molar-refractivity contribution in [3.8, 4) is 0 Å². The largest absolute Gasteiger partial charge is 0.313 e. The zero-order valence-electron chi connectivity index (χ0n) is 12.6. The van der Waals surface area contributed by atoms with Gasteiger partial charge in [-0.15, -0.1) is 11.8 Å². The molecule has 0 spiro atoms. The van der Waals surface area contributed by atoms with E-state index in [2.05, 4.69) is 55.3 Å². The summed E-state index contributed by atoms with van der Waals surface area (Å²) in [5, 5.41) is 4.40. The van der Waals surface area contributed by atoms with E-state index in [0.717, 1.165) is 10.8 Å². The summed E-state index contributed by atoms with van der Waals surface area (Å²) in [6.45, 7) is 6.46. The summed E-state index contributed by atoms with van der Waals surface area (Å²) in [6.07, 6.45) is 1.87. The number of pyridine rings is 1.